The van der Waals surface area contributed by atoms with Gasteiger partial charge in [-0.25, -0.2) is 5.43 Å². The molecule has 0 aliphatic rings. The molecular formula is C18H30N3O2P. The monoisotopic (exact) mass is 351 g/mol. The molecule has 0 spiro atoms. The summed E-state index contributed by atoms with van der Waals surface area (Å²) in [6.07, 6.45) is 3.71. The maximum atomic E-state index is 13.6. The number of nitrogens with one attached hydrogen (secondary N) is 1. The molecule has 0 aliphatic heterocycles. The van der Waals surface area contributed by atoms with Crippen molar-refractivity contribution in [3.8, 4) is 0 Å². The molecule has 0 bridgehead atoms. The molecule has 0 saturated heterocycles. The second kappa shape index (κ2) is 8.06. The topological polar surface area (TPSA) is 71.4 Å². The van der Waals surface area contributed by atoms with Crippen LogP contribution in [0.3, 0.4) is 0 Å². The number of nitrogens with zero attached hydrogens (tertiary/aromatic N) is 2. The van der Waals surface area contributed by atoms with Crippen LogP contribution in [0.5, 0.6) is 0 Å². The summed E-state index contributed by atoms with van der Waals surface area (Å²) in [7, 11) is -2.43. The van der Waals surface area contributed by atoms with Crippen molar-refractivity contribution < 1.29 is 9.36 Å². The van der Waals surface area contributed by atoms with E-state index in [1.165, 1.54) is 0 Å². The summed E-state index contributed by atoms with van der Waals surface area (Å²) in [4.78, 5) is 15.9. The molecule has 6 heteroatoms. The van der Waals surface area contributed by atoms with Gasteiger partial charge in [0.25, 0.3) is 5.91 Å². The van der Waals surface area contributed by atoms with Gasteiger partial charge in [0.15, 0.2) is 0 Å². The quantitative estimate of drug-likeness (QED) is 0.445. The summed E-state index contributed by atoms with van der Waals surface area (Å²) < 4.78 is 13.6. The Bertz CT molecular complexity index is 625. The molecule has 1 aromatic heterocycles. The summed E-state index contributed by atoms with van der Waals surface area (Å²) in [6, 6.07) is 3.27. The number of hydrogen-bond donors (Lipinski definition) is 1. The lowest BCUT2D eigenvalue weighted by Gasteiger charge is -2.40. The van der Waals surface area contributed by atoms with E-state index < -0.39 is 7.14 Å². The zero-order chi connectivity index (χ0) is 18.5. The molecule has 0 radical (unpaired) electrons. The van der Waals surface area contributed by atoms with Crippen molar-refractivity contribution in [2.45, 2.75) is 71.4 Å². The molecule has 0 fully saturated rings. The largest absolute Gasteiger partial charge is 0.322 e. The van der Waals surface area contributed by atoms with Crippen LogP contribution in [0, 0.1) is 0 Å². The molecule has 0 unspecified atom stereocenters. The van der Waals surface area contributed by atoms with Crippen LogP contribution in [-0.2, 0) is 4.57 Å². The van der Waals surface area contributed by atoms with Gasteiger partial charge in [0.05, 0.1) is 7.14 Å². The van der Waals surface area contributed by atoms with E-state index in [0.717, 1.165) is 5.71 Å². The van der Waals surface area contributed by atoms with Gasteiger partial charge >= 0.3 is 0 Å². The van der Waals surface area contributed by atoms with Crippen LogP contribution >= 0.6 is 7.14 Å². The Balaban J connectivity index is 2.87. The van der Waals surface area contributed by atoms with Gasteiger partial charge in [-0.15, -0.1) is 0 Å². The van der Waals surface area contributed by atoms with E-state index in [1.54, 1.807) is 24.5 Å². The molecule has 134 valence electrons. The van der Waals surface area contributed by atoms with Crippen molar-refractivity contribution >= 4 is 18.8 Å². The molecule has 5 nitrogen and oxygen atoms in total. The molecule has 0 saturated carbocycles. The third-order valence-electron chi connectivity index (χ3n) is 4.46. The third kappa shape index (κ3) is 4.54. The summed E-state index contributed by atoms with van der Waals surface area (Å²) >= 11 is 0. The van der Waals surface area contributed by atoms with E-state index in [4.69, 9.17) is 0 Å². The number of hydrogen-bond acceptors (Lipinski definition) is 4. The summed E-state index contributed by atoms with van der Waals surface area (Å²) in [5.74, 6) is -0.273. The first kappa shape index (κ1) is 20.6. The minimum atomic E-state index is -2.43. The first-order chi connectivity index (χ1) is 11.0. The van der Waals surface area contributed by atoms with E-state index in [2.05, 4.69) is 15.5 Å². The summed E-state index contributed by atoms with van der Waals surface area (Å²) in [5, 5.41) is 3.82. The SMILES string of the molecule is C/C(CC(C)(C)P(=O)(C(C)C)C(C)C)=N\NC(=O)c1ccncc1. The minimum absolute atomic E-state index is 0.117. The number of hydrazone groups is 1. The Morgan fingerprint density at radius 2 is 1.71 bits per heavy atom. The molecule has 24 heavy (non-hydrogen) atoms. The summed E-state index contributed by atoms with van der Waals surface area (Å²) in [6.45, 7) is 14.1. The summed E-state index contributed by atoms with van der Waals surface area (Å²) in [5.41, 5.74) is 4.07. The molecule has 1 heterocycles. The van der Waals surface area contributed by atoms with Crippen molar-refractivity contribution in [3.05, 3.63) is 30.1 Å². The normalized spacial score (nSPS) is 13.5. The average molecular weight is 351 g/mol. The highest BCUT2D eigenvalue weighted by Crippen LogP contribution is 2.66. The van der Waals surface area contributed by atoms with Crippen LogP contribution < -0.4 is 5.43 Å². The molecular weight excluding hydrogens is 321 g/mol. The Kier molecular flexibility index (Phi) is 6.91. The highest BCUT2D eigenvalue weighted by molar-refractivity contribution is 7.66. The van der Waals surface area contributed by atoms with Gasteiger partial charge < -0.3 is 4.57 Å². The molecule has 1 aromatic rings. The number of pyridine rings is 1. The molecule has 0 aliphatic carbocycles. The van der Waals surface area contributed by atoms with Crippen molar-refractivity contribution in [2.24, 2.45) is 5.10 Å². The second-order valence-electron chi connectivity index (χ2n) is 7.41. The van der Waals surface area contributed by atoms with Crippen LogP contribution in [0.25, 0.3) is 0 Å². The fourth-order valence-electron chi connectivity index (χ4n) is 3.50. The minimum Gasteiger partial charge on any atom is -0.322 e. The highest BCUT2D eigenvalue weighted by Gasteiger charge is 2.45. The Labute approximate surface area is 145 Å². The Morgan fingerprint density at radius 3 is 2.17 bits per heavy atom. The second-order valence-corrected chi connectivity index (χ2v) is 12.1. The lowest BCUT2D eigenvalue weighted by Crippen LogP contribution is -2.32. The van der Waals surface area contributed by atoms with Crippen LogP contribution in [0.15, 0.2) is 29.6 Å². The van der Waals surface area contributed by atoms with Gasteiger partial charge in [-0.2, -0.15) is 5.10 Å². The predicted octanol–water partition coefficient (Wildman–Crippen LogP) is 4.54. The Hall–Kier alpha value is -1.48. The van der Waals surface area contributed by atoms with Crippen molar-refractivity contribution in [2.75, 3.05) is 0 Å². The van der Waals surface area contributed by atoms with E-state index in [0.29, 0.717) is 12.0 Å². The van der Waals surface area contributed by atoms with Crippen molar-refractivity contribution in [3.63, 3.8) is 0 Å². The zero-order valence-electron chi connectivity index (χ0n) is 15.8. The van der Waals surface area contributed by atoms with Crippen LogP contribution in [0.4, 0.5) is 0 Å². The van der Waals surface area contributed by atoms with Gasteiger partial charge in [-0.1, -0.05) is 41.5 Å². The predicted molar refractivity (Wildman–Crippen MR) is 101 cm³/mol. The van der Waals surface area contributed by atoms with Crippen LogP contribution in [-0.4, -0.2) is 33.1 Å². The lowest BCUT2D eigenvalue weighted by molar-refractivity contribution is 0.0954. The van der Waals surface area contributed by atoms with Crippen molar-refractivity contribution in [1.29, 1.82) is 0 Å². The number of carbonyl (C=O) groups is 1. The number of rotatable bonds is 7. The molecule has 1 rings (SSSR count). The highest BCUT2D eigenvalue weighted by atomic mass is 31.2. The van der Waals surface area contributed by atoms with Gasteiger partial charge in [-0.05, 0) is 25.5 Å². The number of aromatic nitrogens is 1. The molecule has 0 aromatic carbocycles. The number of amides is 1. The zero-order valence-corrected chi connectivity index (χ0v) is 16.7. The van der Waals surface area contributed by atoms with E-state index in [1.807, 2.05) is 48.5 Å². The average Bonchev–Trinajstić information content (AvgIpc) is 2.51. The molecule has 1 amide bonds. The van der Waals surface area contributed by atoms with Gasteiger partial charge in [0.1, 0.15) is 0 Å². The van der Waals surface area contributed by atoms with Gasteiger partial charge in [-0.3, -0.25) is 9.78 Å². The van der Waals surface area contributed by atoms with E-state index in [-0.39, 0.29) is 22.4 Å². The fraction of sp³-hybridized carbons (Fsp3) is 0.611. The van der Waals surface area contributed by atoms with Gasteiger partial charge in [0.2, 0.25) is 0 Å². The smallest absolute Gasteiger partial charge is 0.271 e. The third-order valence-corrected chi connectivity index (χ3v) is 9.58. The lowest BCUT2D eigenvalue weighted by atomic mass is 10.1. The Morgan fingerprint density at radius 1 is 1.21 bits per heavy atom. The maximum Gasteiger partial charge on any atom is 0.271 e. The van der Waals surface area contributed by atoms with Crippen LogP contribution in [0.2, 0.25) is 0 Å². The molecule has 1 N–H and O–H groups in total. The first-order valence-corrected chi connectivity index (χ1v) is 10.2. The van der Waals surface area contributed by atoms with E-state index >= 15 is 0 Å². The van der Waals surface area contributed by atoms with Crippen LogP contribution in [0.1, 0.15) is 65.2 Å². The fourth-order valence-corrected chi connectivity index (χ4v) is 7.96. The molecule has 0 atom stereocenters. The number of carbonyl (C=O) groups excluding carboxylic acids is 1. The van der Waals surface area contributed by atoms with E-state index in [9.17, 15) is 9.36 Å². The maximum absolute atomic E-state index is 13.6. The van der Waals surface area contributed by atoms with Gasteiger partial charge in [0, 0.05) is 40.1 Å². The van der Waals surface area contributed by atoms with Crippen molar-refractivity contribution in [1.82, 2.24) is 10.4 Å². The first-order valence-electron chi connectivity index (χ1n) is 8.35. The standard InChI is InChI=1S/C18H30N3O2P/c1-13(2)24(23,14(3)4)18(6,7)12-15(5)20-21-17(22)16-8-10-19-11-9-16/h8-11,13-14H,12H2,1-7H3,(H,21,22)/b20-15+.